The lowest BCUT2D eigenvalue weighted by molar-refractivity contribution is -0.142. The number of ether oxygens (including phenoxy) is 2. The van der Waals surface area contributed by atoms with Crippen LogP contribution < -0.4 is 5.32 Å². The van der Waals surface area contributed by atoms with Crippen LogP contribution in [0.2, 0.25) is 0 Å². The van der Waals surface area contributed by atoms with E-state index in [9.17, 15) is 9.59 Å². The largest absolute Gasteiger partial charge is 0.466 e. The molecule has 1 aromatic heterocycles. The van der Waals surface area contributed by atoms with Gasteiger partial charge in [0, 0.05) is 5.38 Å². The van der Waals surface area contributed by atoms with Crippen LogP contribution in [0.3, 0.4) is 0 Å². The van der Waals surface area contributed by atoms with Crippen molar-refractivity contribution in [3.8, 4) is 0 Å². The van der Waals surface area contributed by atoms with E-state index in [0.29, 0.717) is 17.4 Å². The van der Waals surface area contributed by atoms with E-state index in [0.717, 1.165) is 0 Å². The van der Waals surface area contributed by atoms with Crippen molar-refractivity contribution in [1.82, 2.24) is 4.98 Å². The van der Waals surface area contributed by atoms with Crippen LogP contribution in [0.25, 0.3) is 0 Å². The van der Waals surface area contributed by atoms with E-state index >= 15 is 0 Å². The molecule has 0 unspecified atom stereocenters. The highest BCUT2D eigenvalue weighted by Crippen LogP contribution is 2.16. The molecule has 0 fully saturated rings. The van der Waals surface area contributed by atoms with Gasteiger partial charge in [-0.05, 0) is 20.8 Å². The highest BCUT2D eigenvalue weighted by atomic mass is 32.1. The number of amides is 1. The lowest BCUT2D eigenvalue weighted by Gasteiger charge is -2.06. The molecule has 0 atom stereocenters. The second-order valence-electron chi connectivity index (χ2n) is 4.03. The standard InChI is InChI=1S/C12H18N2O4S/c1-4-17-11(16)5-9-7-19-12(13-9)14-10(15)6-18-8(2)3/h7-8H,4-6H2,1-3H3,(H,13,14,15). The molecule has 0 radical (unpaired) electrons. The molecule has 7 heteroatoms. The summed E-state index contributed by atoms with van der Waals surface area (Å²) in [6.07, 6.45) is 0.115. The van der Waals surface area contributed by atoms with Crippen LogP contribution in [-0.4, -0.2) is 36.2 Å². The number of hydrogen-bond acceptors (Lipinski definition) is 6. The third-order valence-corrected chi connectivity index (χ3v) is 2.78. The van der Waals surface area contributed by atoms with E-state index in [1.54, 1.807) is 12.3 Å². The van der Waals surface area contributed by atoms with Gasteiger partial charge in [0.1, 0.15) is 6.61 Å². The molecular formula is C12H18N2O4S. The topological polar surface area (TPSA) is 77.5 Å². The maximum absolute atomic E-state index is 11.5. The molecular weight excluding hydrogens is 268 g/mol. The van der Waals surface area contributed by atoms with Gasteiger partial charge >= 0.3 is 5.97 Å². The molecule has 0 aromatic carbocycles. The maximum atomic E-state index is 11.5. The van der Waals surface area contributed by atoms with E-state index < -0.39 is 0 Å². The number of hydrogen-bond donors (Lipinski definition) is 1. The first-order valence-corrected chi connectivity index (χ1v) is 6.90. The number of nitrogens with zero attached hydrogens (tertiary/aromatic N) is 1. The van der Waals surface area contributed by atoms with Gasteiger partial charge in [-0.15, -0.1) is 11.3 Å². The van der Waals surface area contributed by atoms with Crippen LogP contribution in [0, 0.1) is 0 Å². The minimum absolute atomic E-state index is 0.00131. The average molecular weight is 286 g/mol. The predicted octanol–water partition coefficient (Wildman–Crippen LogP) is 1.61. The van der Waals surface area contributed by atoms with Gasteiger partial charge in [0.15, 0.2) is 5.13 Å². The van der Waals surface area contributed by atoms with Crippen LogP contribution in [-0.2, 0) is 25.5 Å². The molecule has 0 aliphatic heterocycles. The Bertz CT molecular complexity index is 431. The number of carbonyl (C=O) groups is 2. The van der Waals surface area contributed by atoms with E-state index in [1.807, 2.05) is 13.8 Å². The summed E-state index contributed by atoms with van der Waals surface area (Å²) in [5.74, 6) is -0.584. The summed E-state index contributed by atoms with van der Waals surface area (Å²) in [5.41, 5.74) is 0.587. The van der Waals surface area contributed by atoms with E-state index in [1.165, 1.54) is 11.3 Å². The minimum Gasteiger partial charge on any atom is -0.466 e. The molecule has 1 heterocycles. The van der Waals surface area contributed by atoms with Crippen LogP contribution in [0.5, 0.6) is 0 Å². The van der Waals surface area contributed by atoms with Crippen molar-refractivity contribution in [1.29, 1.82) is 0 Å². The van der Waals surface area contributed by atoms with Crippen molar-refractivity contribution in [2.45, 2.75) is 33.3 Å². The van der Waals surface area contributed by atoms with Gasteiger partial charge in [0.2, 0.25) is 0 Å². The maximum Gasteiger partial charge on any atom is 0.311 e. The molecule has 19 heavy (non-hydrogen) atoms. The van der Waals surface area contributed by atoms with Gasteiger partial charge in [-0.1, -0.05) is 0 Å². The van der Waals surface area contributed by atoms with Crippen LogP contribution in [0.4, 0.5) is 5.13 Å². The fraction of sp³-hybridized carbons (Fsp3) is 0.583. The normalized spacial score (nSPS) is 10.5. The zero-order valence-electron chi connectivity index (χ0n) is 11.3. The molecule has 0 saturated carbocycles. The lowest BCUT2D eigenvalue weighted by Crippen LogP contribution is -2.20. The molecule has 1 amide bonds. The van der Waals surface area contributed by atoms with Gasteiger partial charge in [-0.3, -0.25) is 14.9 Å². The number of anilines is 1. The number of carbonyl (C=O) groups excluding carboxylic acids is 2. The third kappa shape index (κ3) is 6.30. The Balaban J connectivity index is 2.42. The smallest absolute Gasteiger partial charge is 0.311 e. The first-order chi connectivity index (χ1) is 9.01. The third-order valence-electron chi connectivity index (χ3n) is 1.98. The van der Waals surface area contributed by atoms with Crippen LogP contribution >= 0.6 is 11.3 Å². The molecule has 0 bridgehead atoms. The fourth-order valence-corrected chi connectivity index (χ4v) is 1.93. The van der Waals surface area contributed by atoms with E-state index in [2.05, 4.69) is 10.3 Å². The molecule has 0 aliphatic rings. The molecule has 6 nitrogen and oxygen atoms in total. The van der Waals surface area contributed by atoms with Crippen LogP contribution in [0.15, 0.2) is 5.38 Å². The Morgan fingerprint density at radius 3 is 2.84 bits per heavy atom. The van der Waals surface area contributed by atoms with Crippen molar-refractivity contribution < 1.29 is 19.1 Å². The number of nitrogens with one attached hydrogen (secondary N) is 1. The predicted molar refractivity (Wildman–Crippen MR) is 72.2 cm³/mol. The van der Waals surface area contributed by atoms with Gasteiger partial charge in [-0.2, -0.15) is 0 Å². The Hall–Kier alpha value is -1.47. The zero-order chi connectivity index (χ0) is 14.3. The second-order valence-corrected chi connectivity index (χ2v) is 4.89. The lowest BCUT2D eigenvalue weighted by atomic mass is 10.3. The van der Waals surface area contributed by atoms with E-state index in [4.69, 9.17) is 9.47 Å². The van der Waals surface area contributed by atoms with Gasteiger partial charge in [0.05, 0.1) is 24.8 Å². The average Bonchev–Trinajstić information content (AvgIpc) is 2.74. The first kappa shape index (κ1) is 15.6. The number of rotatable bonds is 7. The Morgan fingerprint density at radius 1 is 1.47 bits per heavy atom. The minimum atomic E-state index is -0.325. The summed E-state index contributed by atoms with van der Waals surface area (Å²) in [4.78, 5) is 26.9. The highest BCUT2D eigenvalue weighted by Gasteiger charge is 2.10. The summed E-state index contributed by atoms with van der Waals surface area (Å²) in [7, 11) is 0. The Labute approximate surface area is 116 Å². The second kappa shape index (κ2) is 7.85. The van der Waals surface area contributed by atoms with Gasteiger partial charge in [0.25, 0.3) is 5.91 Å². The molecule has 0 aliphatic carbocycles. The fourth-order valence-electron chi connectivity index (χ4n) is 1.20. The summed E-state index contributed by atoms with van der Waals surface area (Å²) < 4.78 is 9.99. The molecule has 1 aromatic rings. The summed E-state index contributed by atoms with van der Waals surface area (Å²) >= 11 is 1.27. The summed E-state index contributed by atoms with van der Waals surface area (Å²) in [5, 5.41) is 4.79. The van der Waals surface area contributed by atoms with Crippen molar-refractivity contribution in [2.75, 3.05) is 18.5 Å². The van der Waals surface area contributed by atoms with Crippen LogP contribution in [0.1, 0.15) is 26.5 Å². The van der Waals surface area contributed by atoms with Gasteiger partial charge < -0.3 is 9.47 Å². The molecule has 0 spiro atoms. The summed E-state index contributed by atoms with van der Waals surface area (Å²) in [6.45, 7) is 5.80. The van der Waals surface area contributed by atoms with Crippen molar-refractivity contribution in [3.63, 3.8) is 0 Å². The Morgan fingerprint density at radius 2 is 2.21 bits per heavy atom. The molecule has 106 valence electrons. The first-order valence-electron chi connectivity index (χ1n) is 6.02. The number of thiazole rings is 1. The Kier molecular flexibility index (Phi) is 6.44. The van der Waals surface area contributed by atoms with E-state index in [-0.39, 0.29) is 31.0 Å². The molecule has 1 rings (SSSR count). The zero-order valence-corrected chi connectivity index (χ0v) is 12.1. The van der Waals surface area contributed by atoms with Crippen molar-refractivity contribution >= 4 is 28.3 Å². The summed E-state index contributed by atoms with van der Waals surface area (Å²) in [6, 6.07) is 0. The monoisotopic (exact) mass is 286 g/mol. The van der Waals surface area contributed by atoms with Crippen molar-refractivity contribution in [2.24, 2.45) is 0 Å². The number of aromatic nitrogens is 1. The van der Waals surface area contributed by atoms with Crippen molar-refractivity contribution in [3.05, 3.63) is 11.1 Å². The quantitative estimate of drug-likeness (QED) is 0.771. The number of esters is 1. The molecule has 0 saturated heterocycles. The highest BCUT2D eigenvalue weighted by molar-refractivity contribution is 7.13. The van der Waals surface area contributed by atoms with Gasteiger partial charge in [-0.25, -0.2) is 4.98 Å². The SMILES string of the molecule is CCOC(=O)Cc1csc(NC(=O)COC(C)C)n1. The molecule has 1 N–H and O–H groups in total.